The standard InChI is InChI=1S/C17H26FNO/c1-12(13-7-8-15(18)16(10-13)20-4)19-14-6-5-9-17(2,3)11-14/h7-8,10,12,14,19H,5-6,9,11H2,1-4H3. The highest BCUT2D eigenvalue weighted by atomic mass is 19.1. The molecule has 0 aromatic heterocycles. The van der Waals surface area contributed by atoms with E-state index in [1.807, 2.05) is 6.07 Å². The van der Waals surface area contributed by atoms with E-state index in [0.29, 0.717) is 17.2 Å². The van der Waals surface area contributed by atoms with Gasteiger partial charge in [-0.1, -0.05) is 26.3 Å². The minimum Gasteiger partial charge on any atom is -0.494 e. The molecule has 2 rings (SSSR count). The Morgan fingerprint density at radius 1 is 1.40 bits per heavy atom. The molecule has 1 aromatic rings. The number of nitrogens with one attached hydrogen (secondary N) is 1. The predicted molar refractivity (Wildman–Crippen MR) is 80.5 cm³/mol. The zero-order chi connectivity index (χ0) is 14.8. The van der Waals surface area contributed by atoms with Crippen LogP contribution >= 0.6 is 0 Å². The summed E-state index contributed by atoms with van der Waals surface area (Å²) in [5.41, 5.74) is 1.50. The molecule has 112 valence electrons. The second-order valence-electron chi connectivity index (χ2n) is 6.74. The third-order valence-electron chi connectivity index (χ3n) is 4.37. The van der Waals surface area contributed by atoms with Crippen molar-refractivity contribution in [1.82, 2.24) is 5.32 Å². The number of hydrogen-bond acceptors (Lipinski definition) is 2. The second kappa shape index (κ2) is 6.13. The van der Waals surface area contributed by atoms with E-state index in [4.69, 9.17) is 4.74 Å². The van der Waals surface area contributed by atoms with Crippen LogP contribution in [0, 0.1) is 11.2 Å². The van der Waals surface area contributed by atoms with Crippen molar-refractivity contribution in [2.45, 2.75) is 58.5 Å². The molecule has 1 aliphatic rings. The summed E-state index contributed by atoms with van der Waals surface area (Å²) in [6.45, 7) is 6.81. The van der Waals surface area contributed by atoms with E-state index in [0.717, 1.165) is 5.56 Å². The summed E-state index contributed by atoms with van der Waals surface area (Å²) >= 11 is 0. The molecule has 0 bridgehead atoms. The molecule has 0 radical (unpaired) electrons. The van der Waals surface area contributed by atoms with Crippen LogP contribution in [-0.4, -0.2) is 13.2 Å². The maximum atomic E-state index is 13.4. The molecule has 3 heteroatoms. The lowest BCUT2D eigenvalue weighted by atomic mass is 9.75. The first-order valence-corrected chi connectivity index (χ1v) is 7.51. The zero-order valence-electron chi connectivity index (χ0n) is 13.0. The second-order valence-corrected chi connectivity index (χ2v) is 6.74. The monoisotopic (exact) mass is 279 g/mol. The smallest absolute Gasteiger partial charge is 0.165 e. The van der Waals surface area contributed by atoms with Gasteiger partial charge in [-0.25, -0.2) is 4.39 Å². The Morgan fingerprint density at radius 3 is 2.80 bits per heavy atom. The summed E-state index contributed by atoms with van der Waals surface area (Å²) in [6, 6.07) is 5.87. The molecule has 0 aliphatic heterocycles. The van der Waals surface area contributed by atoms with Gasteiger partial charge in [0, 0.05) is 12.1 Å². The van der Waals surface area contributed by atoms with Gasteiger partial charge in [0.2, 0.25) is 0 Å². The Kier molecular flexibility index (Phi) is 4.69. The zero-order valence-corrected chi connectivity index (χ0v) is 13.0. The summed E-state index contributed by atoms with van der Waals surface area (Å²) in [4.78, 5) is 0. The molecule has 1 aromatic carbocycles. The first kappa shape index (κ1) is 15.3. The third kappa shape index (κ3) is 3.72. The molecule has 1 saturated carbocycles. The van der Waals surface area contributed by atoms with Crippen LogP contribution in [0.2, 0.25) is 0 Å². The Morgan fingerprint density at radius 2 is 2.15 bits per heavy atom. The van der Waals surface area contributed by atoms with Crippen molar-refractivity contribution in [3.05, 3.63) is 29.6 Å². The summed E-state index contributed by atoms with van der Waals surface area (Å²) in [5.74, 6) is 0.0161. The minimum atomic E-state index is -0.303. The molecule has 1 aliphatic carbocycles. The van der Waals surface area contributed by atoms with Crippen LogP contribution in [0.15, 0.2) is 18.2 Å². The van der Waals surface area contributed by atoms with Gasteiger partial charge in [-0.05, 0) is 49.3 Å². The highest BCUT2D eigenvalue weighted by Gasteiger charge is 2.28. The molecule has 1 fully saturated rings. The van der Waals surface area contributed by atoms with E-state index < -0.39 is 0 Å². The molecule has 20 heavy (non-hydrogen) atoms. The van der Waals surface area contributed by atoms with Gasteiger partial charge in [-0.3, -0.25) is 0 Å². The molecule has 2 unspecified atom stereocenters. The van der Waals surface area contributed by atoms with Crippen LogP contribution in [0.25, 0.3) is 0 Å². The molecule has 2 nitrogen and oxygen atoms in total. The summed E-state index contributed by atoms with van der Waals surface area (Å²) in [6.07, 6.45) is 5.02. The van der Waals surface area contributed by atoms with Crippen LogP contribution in [-0.2, 0) is 0 Å². The normalized spacial score (nSPS) is 23.4. The molecular formula is C17H26FNO. The molecule has 0 saturated heterocycles. The Bertz CT molecular complexity index is 458. The maximum absolute atomic E-state index is 13.4. The Balaban J connectivity index is 2.02. The Labute approximate surface area is 121 Å². The van der Waals surface area contributed by atoms with Gasteiger partial charge >= 0.3 is 0 Å². The highest BCUT2D eigenvalue weighted by molar-refractivity contribution is 5.32. The van der Waals surface area contributed by atoms with Crippen molar-refractivity contribution >= 4 is 0 Å². The molecule has 1 N–H and O–H groups in total. The maximum Gasteiger partial charge on any atom is 0.165 e. The average molecular weight is 279 g/mol. The number of methoxy groups -OCH3 is 1. The summed E-state index contributed by atoms with van der Waals surface area (Å²) in [5, 5.41) is 3.68. The van der Waals surface area contributed by atoms with E-state index >= 15 is 0 Å². The van der Waals surface area contributed by atoms with Gasteiger partial charge in [0.05, 0.1) is 7.11 Å². The summed E-state index contributed by atoms with van der Waals surface area (Å²) < 4.78 is 18.5. The first-order chi connectivity index (χ1) is 9.41. The fourth-order valence-electron chi connectivity index (χ4n) is 3.24. The molecular weight excluding hydrogens is 253 g/mol. The van der Waals surface area contributed by atoms with Gasteiger partial charge in [0.25, 0.3) is 0 Å². The van der Waals surface area contributed by atoms with Crippen LogP contribution in [0.4, 0.5) is 4.39 Å². The number of ether oxygens (including phenoxy) is 1. The topological polar surface area (TPSA) is 21.3 Å². The summed E-state index contributed by atoms with van der Waals surface area (Å²) in [7, 11) is 1.50. The molecule has 2 atom stereocenters. The molecule has 0 spiro atoms. The fourth-order valence-corrected chi connectivity index (χ4v) is 3.24. The number of rotatable bonds is 4. The van der Waals surface area contributed by atoms with E-state index in [1.54, 1.807) is 6.07 Å². The van der Waals surface area contributed by atoms with Crippen molar-refractivity contribution in [3.8, 4) is 5.75 Å². The van der Waals surface area contributed by atoms with Gasteiger partial charge in [0.1, 0.15) is 0 Å². The lowest BCUT2D eigenvalue weighted by Crippen LogP contribution is -2.38. The van der Waals surface area contributed by atoms with Crippen molar-refractivity contribution in [1.29, 1.82) is 0 Å². The minimum absolute atomic E-state index is 0.211. The lowest BCUT2D eigenvalue weighted by Gasteiger charge is -2.37. The van der Waals surface area contributed by atoms with Crippen molar-refractivity contribution < 1.29 is 9.13 Å². The third-order valence-corrected chi connectivity index (χ3v) is 4.37. The van der Waals surface area contributed by atoms with E-state index in [9.17, 15) is 4.39 Å². The van der Waals surface area contributed by atoms with Crippen LogP contribution < -0.4 is 10.1 Å². The SMILES string of the molecule is COc1cc(C(C)NC2CCCC(C)(C)C2)ccc1F. The largest absolute Gasteiger partial charge is 0.494 e. The van der Waals surface area contributed by atoms with Crippen LogP contribution in [0.3, 0.4) is 0 Å². The van der Waals surface area contributed by atoms with Crippen molar-refractivity contribution in [3.63, 3.8) is 0 Å². The Hall–Kier alpha value is -1.09. The van der Waals surface area contributed by atoms with E-state index in [-0.39, 0.29) is 11.9 Å². The van der Waals surface area contributed by atoms with Crippen molar-refractivity contribution in [2.75, 3.05) is 7.11 Å². The number of benzene rings is 1. The van der Waals surface area contributed by atoms with E-state index in [2.05, 4.69) is 26.1 Å². The number of hydrogen-bond donors (Lipinski definition) is 1. The van der Waals surface area contributed by atoms with Gasteiger partial charge in [-0.15, -0.1) is 0 Å². The lowest BCUT2D eigenvalue weighted by molar-refractivity contribution is 0.191. The highest BCUT2D eigenvalue weighted by Crippen LogP contribution is 2.36. The molecule has 0 amide bonds. The average Bonchev–Trinajstić information content (AvgIpc) is 2.38. The quantitative estimate of drug-likeness (QED) is 0.879. The van der Waals surface area contributed by atoms with Crippen LogP contribution in [0.1, 0.15) is 58.1 Å². The first-order valence-electron chi connectivity index (χ1n) is 7.51. The van der Waals surface area contributed by atoms with Gasteiger partial charge in [0.15, 0.2) is 11.6 Å². The number of halogens is 1. The van der Waals surface area contributed by atoms with Gasteiger partial charge in [-0.2, -0.15) is 0 Å². The predicted octanol–water partition coefficient (Wildman–Crippen LogP) is 4.45. The van der Waals surface area contributed by atoms with Crippen molar-refractivity contribution in [2.24, 2.45) is 5.41 Å². The van der Waals surface area contributed by atoms with Gasteiger partial charge < -0.3 is 10.1 Å². The fraction of sp³-hybridized carbons (Fsp3) is 0.647. The van der Waals surface area contributed by atoms with E-state index in [1.165, 1.54) is 38.9 Å². The van der Waals surface area contributed by atoms with Crippen LogP contribution in [0.5, 0.6) is 5.75 Å². The molecule has 0 heterocycles.